The maximum atomic E-state index is 11.1. The topological polar surface area (TPSA) is 81.8 Å². The van der Waals surface area contributed by atoms with Crippen LogP contribution in [-0.4, -0.2) is 25.3 Å². The molecule has 0 radical (unpaired) electrons. The summed E-state index contributed by atoms with van der Waals surface area (Å²) in [5.41, 5.74) is 7.23. The standard InChI is InChI=1S/C12H16ClNO4/c1-5-7(9(14)12(15)16)10(17-3)6(2)8(13)11(5)18-4/h9H,14H2,1-4H3,(H,15,16). The Labute approximate surface area is 110 Å². The van der Waals surface area contributed by atoms with Gasteiger partial charge in [0.1, 0.15) is 17.5 Å². The number of hydrogen-bond donors (Lipinski definition) is 2. The number of ether oxygens (including phenoxy) is 2. The number of hydrogen-bond acceptors (Lipinski definition) is 4. The van der Waals surface area contributed by atoms with Gasteiger partial charge >= 0.3 is 5.97 Å². The fourth-order valence-corrected chi connectivity index (χ4v) is 2.24. The van der Waals surface area contributed by atoms with Crippen LogP contribution in [0.3, 0.4) is 0 Å². The molecular formula is C12H16ClNO4. The summed E-state index contributed by atoms with van der Waals surface area (Å²) in [7, 11) is 2.92. The lowest BCUT2D eigenvalue weighted by molar-refractivity contribution is -0.138. The lowest BCUT2D eigenvalue weighted by atomic mass is 9.96. The fourth-order valence-electron chi connectivity index (χ4n) is 1.93. The molecular weight excluding hydrogens is 258 g/mol. The second-order valence-corrected chi connectivity index (χ2v) is 4.24. The van der Waals surface area contributed by atoms with Crippen LogP contribution in [0.2, 0.25) is 5.02 Å². The molecule has 0 aliphatic carbocycles. The molecule has 0 spiro atoms. The lowest BCUT2D eigenvalue weighted by Crippen LogP contribution is -2.23. The van der Waals surface area contributed by atoms with Crippen molar-refractivity contribution in [1.82, 2.24) is 0 Å². The number of methoxy groups -OCH3 is 2. The quantitative estimate of drug-likeness (QED) is 0.877. The average molecular weight is 274 g/mol. The number of halogens is 1. The molecule has 18 heavy (non-hydrogen) atoms. The third-order valence-electron chi connectivity index (χ3n) is 2.84. The molecule has 1 atom stereocenters. The molecule has 0 bridgehead atoms. The first-order valence-corrected chi connectivity index (χ1v) is 5.63. The highest BCUT2D eigenvalue weighted by Crippen LogP contribution is 2.43. The molecule has 0 heterocycles. The van der Waals surface area contributed by atoms with E-state index in [0.717, 1.165) is 0 Å². The third kappa shape index (κ3) is 2.23. The van der Waals surface area contributed by atoms with Crippen LogP contribution in [0, 0.1) is 13.8 Å². The molecule has 0 aliphatic heterocycles. The van der Waals surface area contributed by atoms with Crippen LogP contribution in [0.5, 0.6) is 11.5 Å². The van der Waals surface area contributed by atoms with E-state index in [1.165, 1.54) is 14.2 Å². The molecule has 3 N–H and O–H groups in total. The Morgan fingerprint density at radius 2 is 1.72 bits per heavy atom. The van der Waals surface area contributed by atoms with Gasteiger partial charge in [-0.3, -0.25) is 4.79 Å². The van der Waals surface area contributed by atoms with Crippen LogP contribution < -0.4 is 15.2 Å². The lowest BCUT2D eigenvalue weighted by Gasteiger charge is -2.21. The van der Waals surface area contributed by atoms with Crippen LogP contribution in [0.25, 0.3) is 0 Å². The van der Waals surface area contributed by atoms with Gasteiger partial charge in [-0.2, -0.15) is 0 Å². The van der Waals surface area contributed by atoms with E-state index in [-0.39, 0.29) is 0 Å². The first-order chi connectivity index (χ1) is 8.36. The van der Waals surface area contributed by atoms with Crippen molar-refractivity contribution in [2.75, 3.05) is 14.2 Å². The van der Waals surface area contributed by atoms with Gasteiger partial charge < -0.3 is 20.3 Å². The van der Waals surface area contributed by atoms with E-state index in [0.29, 0.717) is 33.2 Å². The van der Waals surface area contributed by atoms with Crippen LogP contribution in [0.4, 0.5) is 0 Å². The summed E-state index contributed by atoms with van der Waals surface area (Å²) in [5.74, 6) is -0.338. The molecule has 0 aromatic heterocycles. The van der Waals surface area contributed by atoms with Gasteiger partial charge in [0.25, 0.3) is 0 Å². The van der Waals surface area contributed by atoms with Crippen molar-refractivity contribution in [2.24, 2.45) is 5.73 Å². The van der Waals surface area contributed by atoms with E-state index in [2.05, 4.69) is 0 Å². The number of benzene rings is 1. The Bertz CT molecular complexity index is 488. The maximum Gasteiger partial charge on any atom is 0.325 e. The van der Waals surface area contributed by atoms with Crippen molar-refractivity contribution in [3.63, 3.8) is 0 Å². The van der Waals surface area contributed by atoms with Gasteiger partial charge in [-0.25, -0.2) is 0 Å². The molecule has 1 unspecified atom stereocenters. The number of nitrogens with two attached hydrogens (primary N) is 1. The maximum absolute atomic E-state index is 11.1. The van der Waals surface area contributed by atoms with E-state index in [4.69, 9.17) is 31.9 Å². The second kappa shape index (κ2) is 5.46. The van der Waals surface area contributed by atoms with Gasteiger partial charge in [0.15, 0.2) is 0 Å². The molecule has 1 aromatic carbocycles. The zero-order valence-corrected chi connectivity index (χ0v) is 11.5. The summed E-state index contributed by atoms with van der Waals surface area (Å²) in [4.78, 5) is 11.1. The minimum atomic E-state index is -1.19. The van der Waals surface area contributed by atoms with E-state index >= 15 is 0 Å². The summed E-state index contributed by atoms with van der Waals surface area (Å²) in [5, 5.41) is 9.45. The smallest absolute Gasteiger partial charge is 0.325 e. The Morgan fingerprint density at radius 3 is 2.11 bits per heavy atom. The summed E-state index contributed by atoms with van der Waals surface area (Å²) in [6, 6.07) is -1.19. The van der Waals surface area contributed by atoms with Crippen LogP contribution in [0.15, 0.2) is 0 Å². The van der Waals surface area contributed by atoms with Crippen molar-refractivity contribution >= 4 is 17.6 Å². The Hall–Kier alpha value is -1.46. The fraction of sp³-hybridized carbons (Fsp3) is 0.417. The first-order valence-electron chi connectivity index (χ1n) is 5.25. The highest BCUT2D eigenvalue weighted by atomic mass is 35.5. The minimum absolute atomic E-state index is 0.378. The minimum Gasteiger partial charge on any atom is -0.496 e. The van der Waals surface area contributed by atoms with E-state index in [9.17, 15) is 4.79 Å². The zero-order valence-electron chi connectivity index (χ0n) is 10.7. The molecule has 5 nitrogen and oxygen atoms in total. The van der Waals surface area contributed by atoms with Gasteiger partial charge in [0, 0.05) is 16.7 Å². The van der Waals surface area contributed by atoms with Crippen molar-refractivity contribution in [3.05, 3.63) is 21.7 Å². The zero-order chi connectivity index (χ0) is 14.0. The molecule has 6 heteroatoms. The molecule has 0 fully saturated rings. The number of carboxylic acids is 1. The average Bonchev–Trinajstić information content (AvgIpc) is 2.33. The van der Waals surface area contributed by atoms with Gasteiger partial charge in [0.05, 0.1) is 19.2 Å². The van der Waals surface area contributed by atoms with Crippen LogP contribution in [-0.2, 0) is 4.79 Å². The molecule has 0 saturated heterocycles. The summed E-state index contributed by atoms with van der Waals surface area (Å²) in [6.45, 7) is 3.42. The third-order valence-corrected chi connectivity index (χ3v) is 3.30. The van der Waals surface area contributed by atoms with Crippen molar-refractivity contribution in [1.29, 1.82) is 0 Å². The molecule has 1 rings (SSSR count). The Morgan fingerprint density at radius 1 is 1.22 bits per heavy atom. The van der Waals surface area contributed by atoms with E-state index < -0.39 is 12.0 Å². The SMILES string of the molecule is COc1c(C)c(C(N)C(=O)O)c(OC)c(C)c1Cl. The summed E-state index contributed by atoms with van der Waals surface area (Å²) < 4.78 is 10.4. The summed E-state index contributed by atoms with van der Waals surface area (Å²) in [6.07, 6.45) is 0. The highest BCUT2D eigenvalue weighted by molar-refractivity contribution is 6.33. The molecule has 0 amide bonds. The summed E-state index contributed by atoms with van der Waals surface area (Å²) >= 11 is 6.15. The molecule has 100 valence electrons. The predicted octanol–water partition coefficient (Wildman–Crippen LogP) is 2.06. The van der Waals surface area contributed by atoms with Gasteiger partial charge in [-0.05, 0) is 13.8 Å². The Balaban J connectivity index is 3.67. The van der Waals surface area contributed by atoms with Gasteiger partial charge in [-0.15, -0.1) is 0 Å². The van der Waals surface area contributed by atoms with E-state index in [1.807, 2.05) is 0 Å². The van der Waals surface area contributed by atoms with Gasteiger partial charge in [-0.1, -0.05) is 11.6 Å². The van der Waals surface area contributed by atoms with Crippen molar-refractivity contribution in [3.8, 4) is 11.5 Å². The Kier molecular flexibility index (Phi) is 4.43. The van der Waals surface area contributed by atoms with Crippen molar-refractivity contribution in [2.45, 2.75) is 19.9 Å². The molecule has 1 aromatic rings. The normalized spacial score (nSPS) is 12.1. The van der Waals surface area contributed by atoms with Crippen LogP contribution >= 0.6 is 11.6 Å². The number of rotatable bonds is 4. The largest absolute Gasteiger partial charge is 0.496 e. The monoisotopic (exact) mass is 273 g/mol. The highest BCUT2D eigenvalue weighted by Gasteiger charge is 2.27. The first kappa shape index (κ1) is 14.6. The molecule has 0 aliphatic rings. The number of carboxylic acid groups (broad SMARTS) is 1. The van der Waals surface area contributed by atoms with Gasteiger partial charge in [0.2, 0.25) is 0 Å². The van der Waals surface area contributed by atoms with Crippen LogP contribution in [0.1, 0.15) is 22.7 Å². The predicted molar refractivity (Wildman–Crippen MR) is 68.6 cm³/mol. The second-order valence-electron chi connectivity index (χ2n) is 3.86. The van der Waals surface area contributed by atoms with E-state index in [1.54, 1.807) is 13.8 Å². The van der Waals surface area contributed by atoms with Crippen molar-refractivity contribution < 1.29 is 19.4 Å². The number of aliphatic carboxylic acids is 1. The molecule has 0 saturated carbocycles. The number of carbonyl (C=O) groups is 1.